The first-order chi connectivity index (χ1) is 14.5. The van der Waals surface area contributed by atoms with Crippen LogP contribution in [0.1, 0.15) is 43.7 Å². The number of carbonyl (C=O) groups excluding carboxylic acids is 1. The van der Waals surface area contributed by atoms with E-state index in [0.29, 0.717) is 12.8 Å². The van der Waals surface area contributed by atoms with Crippen LogP contribution < -0.4 is 5.32 Å². The average molecular weight is 411 g/mol. The molecule has 0 spiro atoms. The monoisotopic (exact) mass is 410 g/mol. The third-order valence-corrected chi connectivity index (χ3v) is 5.80. The molecule has 1 atom stereocenters. The molecule has 0 saturated carbocycles. The molecule has 6 heteroatoms. The fourth-order valence-electron chi connectivity index (χ4n) is 4.10. The van der Waals surface area contributed by atoms with E-state index < -0.39 is 18.1 Å². The summed E-state index contributed by atoms with van der Waals surface area (Å²) in [4.78, 5) is 26.1. The molecule has 0 saturated heterocycles. The van der Waals surface area contributed by atoms with Gasteiger partial charge in [-0.05, 0) is 54.7 Å². The molecule has 3 rings (SSSR count). The number of amides is 1. The minimum absolute atomic E-state index is 0.0471. The number of nitrogens with zero attached hydrogens (tertiary/aromatic N) is 1. The van der Waals surface area contributed by atoms with Crippen LogP contribution in [0.3, 0.4) is 0 Å². The Hall–Kier alpha value is -2.86. The summed E-state index contributed by atoms with van der Waals surface area (Å²) < 4.78 is 5.47. The third-order valence-electron chi connectivity index (χ3n) is 5.80. The standard InChI is InChI=1S/C24H30N2O4/c1-3-26(4-2)15-9-14-22(23(27)28)25-24(29)30-16-21-19-12-7-5-10-17(19)18-11-6-8-13-20(18)21/h5-8,10-13,21-22H,3-4,9,14-16H2,1-2H3,(H,25,29)(H,27,28). The smallest absolute Gasteiger partial charge is 0.407 e. The van der Waals surface area contributed by atoms with Gasteiger partial charge in [0, 0.05) is 5.92 Å². The minimum atomic E-state index is -1.04. The lowest BCUT2D eigenvalue weighted by Crippen LogP contribution is -2.42. The molecule has 1 aliphatic rings. The van der Waals surface area contributed by atoms with Gasteiger partial charge in [0.1, 0.15) is 12.6 Å². The maximum Gasteiger partial charge on any atom is 0.407 e. The van der Waals surface area contributed by atoms with Crippen molar-refractivity contribution in [1.29, 1.82) is 0 Å². The van der Waals surface area contributed by atoms with Gasteiger partial charge in [-0.25, -0.2) is 9.59 Å². The minimum Gasteiger partial charge on any atom is -0.480 e. The summed E-state index contributed by atoms with van der Waals surface area (Å²) in [5, 5.41) is 12.0. The summed E-state index contributed by atoms with van der Waals surface area (Å²) in [6.45, 7) is 6.98. The van der Waals surface area contributed by atoms with Gasteiger partial charge >= 0.3 is 12.1 Å². The molecule has 30 heavy (non-hydrogen) atoms. The Morgan fingerprint density at radius 1 is 1.03 bits per heavy atom. The Morgan fingerprint density at radius 3 is 2.13 bits per heavy atom. The summed E-state index contributed by atoms with van der Waals surface area (Å²) >= 11 is 0. The second-order valence-electron chi connectivity index (χ2n) is 7.53. The Bertz CT molecular complexity index is 834. The SMILES string of the molecule is CCN(CC)CCCC(NC(=O)OCC1c2ccccc2-c2ccccc21)C(=O)O. The number of fused-ring (bicyclic) bond motifs is 3. The zero-order valence-corrected chi connectivity index (χ0v) is 17.6. The quantitative estimate of drug-likeness (QED) is 0.617. The van der Waals surface area contributed by atoms with E-state index in [9.17, 15) is 14.7 Å². The number of benzene rings is 2. The summed E-state index contributed by atoms with van der Waals surface area (Å²) in [5.74, 6) is -1.09. The van der Waals surface area contributed by atoms with Crippen LogP contribution in [-0.2, 0) is 9.53 Å². The fraction of sp³-hybridized carbons (Fsp3) is 0.417. The summed E-state index contributed by atoms with van der Waals surface area (Å²) in [7, 11) is 0. The van der Waals surface area contributed by atoms with Crippen LogP contribution >= 0.6 is 0 Å². The molecule has 2 aromatic rings. The lowest BCUT2D eigenvalue weighted by atomic mass is 9.98. The summed E-state index contributed by atoms with van der Waals surface area (Å²) in [5.41, 5.74) is 4.56. The fourth-order valence-corrected chi connectivity index (χ4v) is 4.10. The van der Waals surface area contributed by atoms with Crippen LogP contribution in [0.5, 0.6) is 0 Å². The van der Waals surface area contributed by atoms with Crippen molar-refractivity contribution in [2.45, 2.75) is 38.6 Å². The van der Waals surface area contributed by atoms with E-state index in [0.717, 1.165) is 41.9 Å². The number of ether oxygens (including phenoxy) is 1. The highest BCUT2D eigenvalue weighted by atomic mass is 16.5. The van der Waals surface area contributed by atoms with Crippen molar-refractivity contribution < 1.29 is 19.4 Å². The number of carboxylic acid groups (broad SMARTS) is 1. The molecule has 1 amide bonds. The number of carboxylic acids is 1. The van der Waals surface area contributed by atoms with E-state index in [4.69, 9.17) is 4.74 Å². The molecule has 0 bridgehead atoms. The van der Waals surface area contributed by atoms with Crippen molar-refractivity contribution in [1.82, 2.24) is 10.2 Å². The number of alkyl carbamates (subject to hydrolysis) is 1. The molecule has 6 nitrogen and oxygen atoms in total. The van der Waals surface area contributed by atoms with E-state index in [-0.39, 0.29) is 12.5 Å². The number of hydrogen-bond acceptors (Lipinski definition) is 4. The molecule has 0 heterocycles. The number of hydrogen-bond donors (Lipinski definition) is 2. The largest absolute Gasteiger partial charge is 0.480 e. The Balaban J connectivity index is 1.58. The maximum absolute atomic E-state index is 12.3. The van der Waals surface area contributed by atoms with Gasteiger partial charge in [0.05, 0.1) is 0 Å². The van der Waals surface area contributed by atoms with Crippen molar-refractivity contribution in [2.75, 3.05) is 26.2 Å². The van der Waals surface area contributed by atoms with Gasteiger partial charge < -0.3 is 20.1 Å². The van der Waals surface area contributed by atoms with Crippen LogP contribution in [-0.4, -0.2) is 54.4 Å². The van der Waals surface area contributed by atoms with E-state index in [1.54, 1.807) is 0 Å². The van der Waals surface area contributed by atoms with Crippen molar-refractivity contribution in [3.8, 4) is 11.1 Å². The van der Waals surface area contributed by atoms with Crippen LogP contribution in [0.15, 0.2) is 48.5 Å². The molecular formula is C24H30N2O4. The molecule has 0 aromatic heterocycles. The van der Waals surface area contributed by atoms with E-state index in [1.165, 1.54) is 0 Å². The first kappa shape index (κ1) is 21.8. The molecule has 1 aliphatic carbocycles. The van der Waals surface area contributed by atoms with E-state index in [2.05, 4.69) is 48.3 Å². The van der Waals surface area contributed by atoms with E-state index in [1.807, 2.05) is 24.3 Å². The lowest BCUT2D eigenvalue weighted by molar-refractivity contribution is -0.139. The molecule has 0 fully saturated rings. The van der Waals surface area contributed by atoms with Crippen LogP contribution in [0, 0.1) is 0 Å². The lowest BCUT2D eigenvalue weighted by Gasteiger charge is -2.20. The van der Waals surface area contributed by atoms with Crippen molar-refractivity contribution in [2.24, 2.45) is 0 Å². The topological polar surface area (TPSA) is 78.9 Å². The predicted molar refractivity (Wildman–Crippen MR) is 117 cm³/mol. The Morgan fingerprint density at radius 2 is 1.60 bits per heavy atom. The van der Waals surface area contributed by atoms with Gasteiger partial charge in [-0.3, -0.25) is 0 Å². The Labute approximate surface area is 177 Å². The maximum atomic E-state index is 12.3. The van der Waals surface area contributed by atoms with Crippen LogP contribution in [0.2, 0.25) is 0 Å². The first-order valence-corrected chi connectivity index (χ1v) is 10.6. The van der Waals surface area contributed by atoms with Gasteiger partial charge in [0.15, 0.2) is 0 Å². The average Bonchev–Trinajstić information content (AvgIpc) is 3.08. The molecule has 2 N–H and O–H groups in total. The molecule has 1 unspecified atom stereocenters. The number of nitrogens with one attached hydrogen (secondary N) is 1. The van der Waals surface area contributed by atoms with E-state index >= 15 is 0 Å². The van der Waals surface area contributed by atoms with Gasteiger partial charge in [-0.2, -0.15) is 0 Å². The molecule has 160 valence electrons. The zero-order valence-electron chi connectivity index (χ0n) is 17.6. The van der Waals surface area contributed by atoms with Crippen molar-refractivity contribution >= 4 is 12.1 Å². The molecule has 2 aromatic carbocycles. The number of carbonyl (C=O) groups is 2. The van der Waals surface area contributed by atoms with Crippen LogP contribution in [0.4, 0.5) is 4.79 Å². The predicted octanol–water partition coefficient (Wildman–Crippen LogP) is 4.10. The zero-order chi connectivity index (χ0) is 21.5. The highest BCUT2D eigenvalue weighted by Crippen LogP contribution is 2.44. The van der Waals surface area contributed by atoms with Gasteiger partial charge in [-0.1, -0.05) is 62.4 Å². The van der Waals surface area contributed by atoms with Crippen LogP contribution in [0.25, 0.3) is 11.1 Å². The second kappa shape index (κ2) is 10.3. The van der Waals surface area contributed by atoms with Gasteiger partial charge in [-0.15, -0.1) is 0 Å². The highest BCUT2D eigenvalue weighted by molar-refractivity contribution is 5.81. The number of aliphatic carboxylic acids is 1. The second-order valence-corrected chi connectivity index (χ2v) is 7.53. The molecule has 0 radical (unpaired) electrons. The first-order valence-electron chi connectivity index (χ1n) is 10.6. The van der Waals surface area contributed by atoms with Crippen molar-refractivity contribution in [3.05, 3.63) is 59.7 Å². The Kier molecular flexibility index (Phi) is 7.46. The highest BCUT2D eigenvalue weighted by Gasteiger charge is 2.29. The summed E-state index contributed by atoms with van der Waals surface area (Å²) in [6.07, 6.45) is 0.380. The van der Waals surface area contributed by atoms with Gasteiger partial charge in [0.25, 0.3) is 0 Å². The normalized spacial score (nSPS) is 13.6. The molecule has 0 aliphatic heterocycles. The number of rotatable bonds is 10. The van der Waals surface area contributed by atoms with Crippen molar-refractivity contribution in [3.63, 3.8) is 0 Å². The summed E-state index contributed by atoms with van der Waals surface area (Å²) in [6, 6.07) is 15.3. The van der Waals surface area contributed by atoms with Gasteiger partial charge in [0.2, 0.25) is 0 Å². The molecular weight excluding hydrogens is 380 g/mol. The third kappa shape index (κ3) is 5.00.